The molecule has 0 radical (unpaired) electrons. The highest BCUT2D eigenvalue weighted by Gasteiger charge is 2.33. The molecule has 4 rings (SSSR count). The van der Waals surface area contributed by atoms with Crippen molar-refractivity contribution in [2.75, 3.05) is 13.1 Å². The second-order valence-corrected chi connectivity index (χ2v) is 9.35. The molecule has 2 N–H and O–H groups in total. The predicted octanol–water partition coefficient (Wildman–Crippen LogP) is 7.30. The van der Waals surface area contributed by atoms with Crippen LogP contribution < -0.4 is 0 Å². The fraction of sp³-hybridized carbons (Fsp3) is 0.321. The van der Waals surface area contributed by atoms with Crippen LogP contribution in [0.1, 0.15) is 53.1 Å². The fourth-order valence-corrected chi connectivity index (χ4v) is 4.88. The van der Waals surface area contributed by atoms with Crippen LogP contribution in [0.5, 0.6) is 5.75 Å². The molecule has 0 spiro atoms. The summed E-state index contributed by atoms with van der Waals surface area (Å²) in [6.07, 6.45) is -6.87. The molecule has 1 aliphatic rings. The number of rotatable bonds is 6. The lowest BCUT2D eigenvalue weighted by Gasteiger charge is -2.36. The van der Waals surface area contributed by atoms with Crippen LogP contribution >= 0.6 is 0 Å². The van der Waals surface area contributed by atoms with Gasteiger partial charge in [0.2, 0.25) is 0 Å². The van der Waals surface area contributed by atoms with Gasteiger partial charge in [-0.2, -0.15) is 26.3 Å². The molecule has 0 bridgehead atoms. The zero-order chi connectivity index (χ0) is 27.7. The summed E-state index contributed by atoms with van der Waals surface area (Å²) in [5.74, 6) is -1.42. The van der Waals surface area contributed by atoms with Crippen LogP contribution in [-0.2, 0) is 23.6 Å². The maximum absolute atomic E-state index is 13.2. The Morgan fingerprint density at radius 1 is 0.816 bits per heavy atom. The lowest BCUT2D eigenvalue weighted by atomic mass is 9.88. The monoisotopic (exact) mass is 537 g/mol. The van der Waals surface area contributed by atoms with Crippen LogP contribution in [-0.4, -0.2) is 34.2 Å². The van der Waals surface area contributed by atoms with Gasteiger partial charge in [0.25, 0.3) is 0 Å². The van der Waals surface area contributed by atoms with Gasteiger partial charge >= 0.3 is 18.3 Å². The number of carboxylic acid groups (broad SMARTS) is 1. The van der Waals surface area contributed by atoms with Gasteiger partial charge in [-0.15, -0.1) is 0 Å². The van der Waals surface area contributed by atoms with E-state index in [1.165, 1.54) is 36.4 Å². The number of piperidine rings is 1. The average molecular weight is 538 g/mol. The molecule has 1 aliphatic heterocycles. The molecule has 3 aromatic rings. The Morgan fingerprint density at radius 2 is 1.34 bits per heavy atom. The number of hydrogen-bond donors (Lipinski definition) is 2. The zero-order valence-electron chi connectivity index (χ0n) is 20.1. The van der Waals surface area contributed by atoms with Gasteiger partial charge in [0.1, 0.15) is 5.75 Å². The molecule has 0 aromatic heterocycles. The Bertz CT molecular complexity index is 1280. The van der Waals surface area contributed by atoms with E-state index in [2.05, 4.69) is 0 Å². The molecule has 10 heteroatoms. The van der Waals surface area contributed by atoms with Crippen molar-refractivity contribution in [3.8, 4) is 16.9 Å². The first kappa shape index (κ1) is 27.5. The first-order valence-corrected chi connectivity index (χ1v) is 12.0. The SMILES string of the molecule is O=C(O)Cc1cc(-c2ccc(C(F)(F)F)cc2)c(O)c(C(c2ccc(C(F)(F)F)cc2)N2CCCCC2)c1. The molecule has 1 fully saturated rings. The Morgan fingerprint density at radius 3 is 1.84 bits per heavy atom. The van der Waals surface area contributed by atoms with Crippen molar-refractivity contribution in [2.24, 2.45) is 0 Å². The fourth-order valence-electron chi connectivity index (χ4n) is 4.88. The van der Waals surface area contributed by atoms with E-state index in [0.717, 1.165) is 43.5 Å². The van der Waals surface area contributed by atoms with E-state index in [1.54, 1.807) is 0 Å². The van der Waals surface area contributed by atoms with Crippen molar-refractivity contribution in [1.82, 2.24) is 4.90 Å². The molecule has 1 heterocycles. The summed E-state index contributed by atoms with van der Waals surface area (Å²) < 4.78 is 78.9. The topological polar surface area (TPSA) is 60.8 Å². The summed E-state index contributed by atoms with van der Waals surface area (Å²) in [6, 6.07) is 10.9. The van der Waals surface area contributed by atoms with E-state index in [9.17, 15) is 41.4 Å². The normalized spacial score (nSPS) is 15.8. The number of carbonyl (C=O) groups is 1. The number of phenolic OH excluding ortho intramolecular Hbond substituents is 1. The largest absolute Gasteiger partial charge is 0.507 e. The number of hydrogen-bond acceptors (Lipinski definition) is 3. The van der Waals surface area contributed by atoms with E-state index in [1.807, 2.05) is 4.90 Å². The van der Waals surface area contributed by atoms with Gasteiger partial charge in [0.05, 0.1) is 23.6 Å². The predicted molar refractivity (Wildman–Crippen MR) is 129 cm³/mol. The minimum atomic E-state index is -4.56. The van der Waals surface area contributed by atoms with Crippen LogP contribution in [0, 0.1) is 0 Å². The third kappa shape index (κ3) is 6.12. The van der Waals surface area contributed by atoms with Crippen molar-refractivity contribution in [3.05, 3.63) is 88.5 Å². The number of carboxylic acids is 1. The highest BCUT2D eigenvalue weighted by molar-refractivity contribution is 5.77. The minimum Gasteiger partial charge on any atom is -0.507 e. The molecular weight excluding hydrogens is 512 g/mol. The molecule has 0 saturated carbocycles. The quantitative estimate of drug-likeness (QED) is 0.324. The number of aliphatic carboxylic acids is 1. The smallest absolute Gasteiger partial charge is 0.416 e. The van der Waals surface area contributed by atoms with Crippen molar-refractivity contribution in [3.63, 3.8) is 0 Å². The number of nitrogens with zero attached hydrogens (tertiary/aromatic N) is 1. The van der Waals surface area contributed by atoms with Gasteiger partial charge in [-0.25, -0.2) is 0 Å². The third-order valence-corrected chi connectivity index (χ3v) is 6.68. The average Bonchev–Trinajstić information content (AvgIpc) is 2.85. The molecule has 1 unspecified atom stereocenters. The van der Waals surface area contributed by atoms with Crippen LogP contribution in [0.15, 0.2) is 60.7 Å². The Kier molecular flexibility index (Phi) is 7.73. The summed E-state index contributed by atoms with van der Waals surface area (Å²) in [6.45, 7) is 1.20. The molecule has 3 aromatic carbocycles. The lowest BCUT2D eigenvalue weighted by molar-refractivity contribution is -0.138. The highest BCUT2D eigenvalue weighted by Crippen LogP contribution is 2.43. The summed E-state index contributed by atoms with van der Waals surface area (Å²) in [5.41, 5.74) is -0.266. The Hall–Kier alpha value is -3.53. The maximum Gasteiger partial charge on any atom is 0.416 e. The van der Waals surface area contributed by atoms with Crippen molar-refractivity contribution in [1.29, 1.82) is 0 Å². The molecule has 0 aliphatic carbocycles. The number of likely N-dealkylation sites (tertiary alicyclic amines) is 1. The van der Waals surface area contributed by atoms with Gasteiger partial charge < -0.3 is 10.2 Å². The Labute approximate surface area is 215 Å². The van der Waals surface area contributed by atoms with Crippen LogP contribution in [0.25, 0.3) is 11.1 Å². The number of alkyl halides is 6. The maximum atomic E-state index is 13.2. The van der Waals surface area contributed by atoms with Crippen LogP contribution in [0.4, 0.5) is 26.3 Å². The Balaban J connectivity index is 1.88. The first-order chi connectivity index (χ1) is 17.8. The number of benzene rings is 3. The van der Waals surface area contributed by atoms with E-state index >= 15 is 0 Å². The van der Waals surface area contributed by atoms with Crippen LogP contribution in [0.2, 0.25) is 0 Å². The summed E-state index contributed by atoms with van der Waals surface area (Å²) in [7, 11) is 0. The van der Waals surface area contributed by atoms with E-state index in [0.29, 0.717) is 24.2 Å². The van der Waals surface area contributed by atoms with E-state index < -0.39 is 41.9 Å². The number of aromatic hydroxyl groups is 1. The molecule has 1 saturated heterocycles. The van der Waals surface area contributed by atoms with Gasteiger partial charge in [-0.1, -0.05) is 30.7 Å². The zero-order valence-corrected chi connectivity index (χ0v) is 20.1. The van der Waals surface area contributed by atoms with Gasteiger partial charge in [-0.05, 0) is 79.0 Å². The summed E-state index contributed by atoms with van der Waals surface area (Å²) in [4.78, 5) is 13.6. The molecule has 4 nitrogen and oxygen atoms in total. The van der Waals surface area contributed by atoms with Crippen molar-refractivity contribution < 1.29 is 41.4 Å². The highest BCUT2D eigenvalue weighted by atomic mass is 19.4. The van der Waals surface area contributed by atoms with Gasteiger partial charge in [-0.3, -0.25) is 9.69 Å². The summed E-state index contributed by atoms with van der Waals surface area (Å²) >= 11 is 0. The second-order valence-electron chi connectivity index (χ2n) is 9.35. The molecular formula is C28H25F6NO3. The van der Waals surface area contributed by atoms with Crippen molar-refractivity contribution >= 4 is 5.97 Å². The lowest BCUT2D eigenvalue weighted by Crippen LogP contribution is -2.34. The molecule has 38 heavy (non-hydrogen) atoms. The van der Waals surface area contributed by atoms with Crippen LogP contribution in [0.3, 0.4) is 0 Å². The van der Waals surface area contributed by atoms with E-state index in [-0.39, 0.29) is 22.4 Å². The number of halogens is 6. The van der Waals surface area contributed by atoms with Gasteiger partial charge in [0.15, 0.2) is 0 Å². The van der Waals surface area contributed by atoms with E-state index in [4.69, 9.17) is 0 Å². The minimum absolute atomic E-state index is 0.140. The van der Waals surface area contributed by atoms with Gasteiger partial charge in [0, 0.05) is 11.1 Å². The standard InChI is InChI=1S/C28H25F6NO3/c29-27(30,31)20-8-4-18(5-9-20)22-14-17(16-24(36)37)15-23(26(22)38)25(35-12-2-1-3-13-35)19-6-10-21(11-7-19)28(32,33)34/h4-11,14-15,25,38H,1-3,12-13,16H2,(H,36,37). The number of phenols is 1. The molecule has 0 amide bonds. The molecule has 202 valence electrons. The first-order valence-electron chi connectivity index (χ1n) is 12.0. The second kappa shape index (κ2) is 10.7. The third-order valence-electron chi connectivity index (χ3n) is 6.68. The molecule has 1 atom stereocenters. The summed E-state index contributed by atoms with van der Waals surface area (Å²) in [5, 5.41) is 20.8. The van der Waals surface area contributed by atoms with Crippen molar-refractivity contribution in [2.45, 2.75) is 44.1 Å².